The Labute approximate surface area is 62.5 Å². The number of hydrogen-bond acceptors (Lipinski definition) is 1. The summed E-state index contributed by atoms with van der Waals surface area (Å²) in [5, 5.41) is 3.14. The SMILES string of the molecule is CC[I-]CCCNC. The number of nitrogens with one attached hydrogen (secondary N) is 1. The van der Waals surface area contributed by atoms with Crippen molar-refractivity contribution >= 4 is 0 Å². The van der Waals surface area contributed by atoms with Crippen LogP contribution >= 0.6 is 0 Å². The van der Waals surface area contributed by atoms with Crippen LogP contribution in [0.2, 0.25) is 0 Å². The van der Waals surface area contributed by atoms with E-state index in [9.17, 15) is 0 Å². The van der Waals surface area contributed by atoms with Crippen LogP contribution in [0.25, 0.3) is 0 Å². The molecule has 0 aromatic rings. The minimum atomic E-state index is 0.575. The van der Waals surface area contributed by atoms with Gasteiger partial charge in [0.25, 0.3) is 0 Å². The first-order valence-corrected chi connectivity index (χ1v) is 6.15. The molecule has 0 amide bonds. The Bertz CT molecular complexity index is 33.5. The van der Waals surface area contributed by atoms with Gasteiger partial charge in [0.1, 0.15) is 0 Å². The fraction of sp³-hybridized carbons (Fsp3) is 1.00. The Hall–Kier alpha value is 0.690. The van der Waals surface area contributed by atoms with Crippen molar-refractivity contribution in [3.8, 4) is 0 Å². The van der Waals surface area contributed by atoms with Gasteiger partial charge in [-0.1, -0.05) is 0 Å². The number of alkyl halides is 2. The van der Waals surface area contributed by atoms with Crippen LogP contribution in [0.5, 0.6) is 0 Å². The summed E-state index contributed by atoms with van der Waals surface area (Å²) < 4.78 is 2.94. The van der Waals surface area contributed by atoms with Crippen LogP contribution in [0.15, 0.2) is 0 Å². The van der Waals surface area contributed by atoms with Crippen LogP contribution in [0, 0.1) is 0 Å². The van der Waals surface area contributed by atoms with Crippen molar-refractivity contribution in [2.24, 2.45) is 0 Å². The summed E-state index contributed by atoms with van der Waals surface area (Å²) in [7, 11) is 2.02. The van der Waals surface area contributed by atoms with Crippen molar-refractivity contribution in [1.29, 1.82) is 0 Å². The average Bonchev–Trinajstić information content (AvgIpc) is 1.81. The first kappa shape index (κ1) is 8.69. The molecule has 0 spiro atoms. The molecule has 0 aliphatic heterocycles. The van der Waals surface area contributed by atoms with Crippen molar-refractivity contribution in [3.05, 3.63) is 0 Å². The minimum absolute atomic E-state index is 0.575. The van der Waals surface area contributed by atoms with E-state index >= 15 is 0 Å². The van der Waals surface area contributed by atoms with E-state index < -0.39 is 0 Å². The maximum absolute atomic E-state index is 3.14. The van der Waals surface area contributed by atoms with Gasteiger partial charge in [-0.15, -0.1) is 0 Å². The van der Waals surface area contributed by atoms with Crippen LogP contribution in [0.4, 0.5) is 0 Å². The van der Waals surface area contributed by atoms with Crippen LogP contribution in [0.1, 0.15) is 13.3 Å². The Morgan fingerprint density at radius 2 is 2.25 bits per heavy atom. The monoisotopic (exact) mass is 228 g/mol. The van der Waals surface area contributed by atoms with Crippen molar-refractivity contribution in [2.75, 3.05) is 22.4 Å². The van der Waals surface area contributed by atoms with E-state index in [1.807, 2.05) is 7.05 Å². The van der Waals surface area contributed by atoms with Gasteiger partial charge < -0.3 is 0 Å². The van der Waals surface area contributed by atoms with Gasteiger partial charge in [0.05, 0.1) is 0 Å². The topological polar surface area (TPSA) is 12.0 Å². The molecule has 0 saturated heterocycles. The normalized spacial score (nSPS) is 10.2. The van der Waals surface area contributed by atoms with Crippen molar-refractivity contribution in [3.63, 3.8) is 0 Å². The molecule has 1 N–H and O–H groups in total. The predicted molar refractivity (Wildman–Crippen MR) is 34.0 cm³/mol. The molecule has 0 saturated carbocycles. The zero-order valence-electron chi connectivity index (χ0n) is 5.71. The number of halogens is 1. The molecule has 0 fully saturated rings. The molecular weight excluding hydrogens is 213 g/mol. The molecule has 0 aliphatic carbocycles. The van der Waals surface area contributed by atoms with Gasteiger partial charge in [0, 0.05) is 0 Å². The average molecular weight is 228 g/mol. The third kappa shape index (κ3) is 6.69. The first-order chi connectivity index (χ1) is 3.91. The van der Waals surface area contributed by atoms with Gasteiger partial charge >= 0.3 is 62.3 Å². The summed E-state index contributed by atoms with van der Waals surface area (Å²) >= 11 is 0.575. The van der Waals surface area contributed by atoms with Gasteiger partial charge in [-0.2, -0.15) is 0 Å². The van der Waals surface area contributed by atoms with Crippen molar-refractivity contribution in [2.45, 2.75) is 13.3 Å². The molecule has 0 aliphatic rings. The van der Waals surface area contributed by atoms with E-state index in [-0.39, 0.29) is 0 Å². The molecule has 0 unspecified atom stereocenters. The molecule has 8 heavy (non-hydrogen) atoms. The molecule has 1 nitrogen and oxygen atoms in total. The Balaban J connectivity index is 2.53. The molecule has 0 atom stereocenters. The fourth-order valence-electron chi connectivity index (χ4n) is 0.472. The zero-order valence-corrected chi connectivity index (χ0v) is 7.86. The zero-order chi connectivity index (χ0) is 6.24. The Morgan fingerprint density at radius 3 is 2.75 bits per heavy atom. The quantitative estimate of drug-likeness (QED) is 0.317. The van der Waals surface area contributed by atoms with Crippen LogP contribution in [-0.4, -0.2) is 22.4 Å². The summed E-state index contributed by atoms with van der Waals surface area (Å²) in [6.45, 7) is 3.49. The summed E-state index contributed by atoms with van der Waals surface area (Å²) in [5.74, 6) is 0. The second-order valence-corrected chi connectivity index (χ2v) is 5.29. The van der Waals surface area contributed by atoms with E-state index in [0.29, 0.717) is 21.2 Å². The summed E-state index contributed by atoms with van der Waals surface area (Å²) in [4.78, 5) is 0. The molecule has 52 valence electrons. The second kappa shape index (κ2) is 7.69. The van der Waals surface area contributed by atoms with Gasteiger partial charge in [0.15, 0.2) is 0 Å². The second-order valence-electron chi connectivity index (χ2n) is 1.60. The summed E-state index contributed by atoms with van der Waals surface area (Å²) in [5.41, 5.74) is 0. The maximum atomic E-state index is 3.14. The molecule has 2 heteroatoms. The van der Waals surface area contributed by atoms with Crippen LogP contribution in [0.3, 0.4) is 0 Å². The molecule has 0 aromatic carbocycles. The van der Waals surface area contributed by atoms with E-state index in [0.717, 1.165) is 0 Å². The van der Waals surface area contributed by atoms with Crippen LogP contribution < -0.4 is 26.5 Å². The Kier molecular flexibility index (Phi) is 8.35. The van der Waals surface area contributed by atoms with Crippen molar-refractivity contribution < 1.29 is 21.2 Å². The molecule has 0 aromatic heterocycles. The van der Waals surface area contributed by atoms with Gasteiger partial charge in [-0.25, -0.2) is 0 Å². The van der Waals surface area contributed by atoms with E-state index in [1.165, 1.54) is 21.8 Å². The molecular formula is C6H15IN-. The molecule has 0 rings (SSSR count). The fourth-order valence-corrected chi connectivity index (χ4v) is 2.16. The van der Waals surface area contributed by atoms with E-state index in [1.54, 1.807) is 0 Å². The van der Waals surface area contributed by atoms with Crippen molar-refractivity contribution in [1.82, 2.24) is 5.32 Å². The van der Waals surface area contributed by atoms with E-state index in [2.05, 4.69) is 12.2 Å². The Morgan fingerprint density at radius 1 is 1.50 bits per heavy atom. The van der Waals surface area contributed by atoms with E-state index in [4.69, 9.17) is 0 Å². The third-order valence-electron chi connectivity index (χ3n) is 0.883. The molecule has 0 heterocycles. The van der Waals surface area contributed by atoms with Gasteiger partial charge in [0.2, 0.25) is 0 Å². The first-order valence-electron chi connectivity index (χ1n) is 3.10. The van der Waals surface area contributed by atoms with Gasteiger partial charge in [-0.3, -0.25) is 0 Å². The molecule has 0 bridgehead atoms. The molecule has 0 radical (unpaired) electrons. The number of hydrogen-bond donors (Lipinski definition) is 1. The summed E-state index contributed by atoms with van der Waals surface area (Å²) in [6.07, 6.45) is 1.39. The number of rotatable bonds is 5. The standard InChI is InChI=1S/C6H15IN/c1-3-7-5-4-6-8-2/h8H,3-6H2,1-2H3/q-1. The third-order valence-corrected chi connectivity index (χ3v) is 3.49. The summed E-state index contributed by atoms with van der Waals surface area (Å²) in [6, 6.07) is 0. The van der Waals surface area contributed by atoms with Crippen LogP contribution in [-0.2, 0) is 0 Å². The van der Waals surface area contributed by atoms with Gasteiger partial charge in [-0.05, 0) is 0 Å². The predicted octanol–water partition coefficient (Wildman–Crippen LogP) is -2.30.